The van der Waals surface area contributed by atoms with Crippen LogP contribution in [0.15, 0.2) is 18.7 Å². The molecule has 0 N–H and O–H groups in total. The molecule has 0 atom stereocenters. The fourth-order valence-corrected chi connectivity index (χ4v) is 4.48. The lowest BCUT2D eigenvalue weighted by Gasteiger charge is -2.43. The summed E-state index contributed by atoms with van der Waals surface area (Å²) in [5.74, 6) is 0. The van der Waals surface area contributed by atoms with E-state index in [0.717, 1.165) is 25.0 Å². The summed E-state index contributed by atoms with van der Waals surface area (Å²) in [6, 6.07) is 2.08. The van der Waals surface area contributed by atoms with Crippen molar-refractivity contribution in [2.75, 3.05) is 44.2 Å². The van der Waals surface area contributed by atoms with Gasteiger partial charge in [0.25, 0.3) is 5.69 Å². The normalized spacial score (nSPS) is 18.6. The van der Waals surface area contributed by atoms with Crippen molar-refractivity contribution in [2.24, 2.45) is 0 Å². The van der Waals surface area contributed by atoms with Gasteiger partial charge in [0.1, 0.15) is 11.2 Å². The second-order valence-corrected chi connectivity index (χ2v) is 9.61. The molecular formula is C23H31F3N4O4. The first-order valence-corrected chi connectivity index (χ1v) is 11.3. The number of amides is 1. The molecule has 2 aliphatic heterocycles. The maximum absolute atomic E-state index is 13.5. The number of hydrogen-bond donors (Lipinski definition) is 0. The smallest absolute Gasteiger partial charge is 0.423 e. The molecular weight excluding hydrogens is 453 g/mol. The molecule has 1 amide bonds. The Bertz CT molecular complexity index is 929. The fraction of sp³-hybridized carbons (Fsp3) is 0.609. The average Bonchev–Trinajstić information content (AvgIpc) is 2.76. The Morgan fingerprint density at radius 2 is 1.71 bits per heavy atom. The number of piperazine rings is 1. The Kier molecular flexibility index (Phi) is 7.44. The van der Waals surface area contributed by atoms with Crippen LogP contribution in [-0.4, -0.2) is 71.7 Å². The van der Waals surface area contributed by atoms with E-state index in [1.165, 1.54) is 6.08 Å². The van der Waals surface area contributed by atoms with E-state index in [9.17, 15) is 28.1 Å². The molecule has 11 heteroatoms. The van der Waals surface area contributed by atoms with Crippen molar-refractivity contribution in [2.45, 2.75) is 51.4 Å². The van der Waals surface area contributed by atoms with E-state index in [-0.39, 0.29) is 12.1 Å². The van der Waals surface area contributed by atoms with Crippen molar-refractivity contribution in [3.63, 3.8) is 0 Å². The quantitative estimate of drug-likeness (QED) is 0.452. The Morgan fingerprint density at radius 3 is 2.18 bits per heavy atom. The highest BCUT2D eigenvalue weighted by atomic mass is 19.4. The summed E-state index contributed by atoms with van der Waals surface area (Å²) in [6.45, 7) is 12.7. The van der Waals surface area contributed by atoms with Crippen molar-refractivity contribution < 1.29 is 27.6 Å². The molecule has 1 aromatic carbocycles. The summed E-state index contributed by atoms with van der Waals surface area (Å²) in [4.78, 5) is 28.3. The maximum Gasteiger partial charge on any atom is 0.423 e. The number of anilines is 1. The highest BCUT2D eigenvalue weighted by Crippen LogP contribution is 2.41. The van der Waals surface area contributed by atoms with E-state index in [2.05, 4.69) is 11.5 Å². The van der Waals surface area contributed by atoms with Gasteiger partial charge in [0.15, 0.2) is 0 Å². The summed E-state index contributed by atoms with van der Waals surface area (Å²) in [5, 5.41) is 11.2. The van der Waals surface area contributed by atoms with Gasteiger partial charge in [0.05, 0.1) is 4.92 Å². The number of nitro benzene ring substituents is 1. The largest absolute Gasteiger partial charge is 0.444 e. The van der Waals surface area contributed by atoms with Crippen LogP contribution in [0.5, 0.6) is 0 Å². The number of carbonyl (C=O) groups excluding carboxylic acids is 1. The first-order chi connectivity index (χ1) is 15.8. The molecule has 3 rings (SSSR count). The highest BCUT2D eigenvalue weighted by Gasteiger charge is 2.40. The van der Waals surface area contributed by atoms with Gasteiger partial charge in [-0.3, -0.25) is 15.0 Å². The topological polar surface area (TPSA) is 79.2 Å². The van der Waals surface area contributed by atoms with Crippen LogP contribution in [0.4, 0.5) is 29.3 Å². The molecule has 0 aliphatic carbocycles. The minimum Gasteiger partial charge on any atom is -0.444 e. The SMILES string of the molecule is C=Cc1cc([N+](=O)[O-])c(C(F)(F)F)cc1N1CCC(N2CCN(C(=O)OC(C)(C)C)CC2)CC1. The van der Waals surface area contributed by atoms with E-state index in [0.29, 0.717) is 50.5 Å². The zero-order chi connectivity index (χ0) is 25.3. The predicted octanol–water partition coefficient (Wildman–Crippen LogP) is 4.78. The lowest BCUT2D eigenvalue weighted by Crippen LogP contribution is -2.55. The number of halogens is 3. The van der Waals surface area contributed by atoms with Gasteiger partial charge >= 0.3 is 12.3 Å². The zero-order valence-electron chi connectivity index (χ0n) is 19.7. The summed E-state index contributed by atoms with van der Waals surface area (Å²) in [5.41, 5.74) is -2.15. The van der Waals surface area contributed by atoms with Gasteiger partial charge < -0.3 is 14.5 Å². The van der Waals surface area contributed by atoms with Crippen LogP contribution >= 0.6 is 0 Å². The molecule has 8 nitrogen and oxygen atoms in total. The lowest BCUT2D eigenvalue weighted by atomic mass is 9.99. The molecule has 2 aliphatic rings. The number of rotatable bonds is 4. The van der Waals surface area contributed by atoms with Gasteiger partial charge in [-0.05, 0) is 39.7 Å². The Hall–Kier alpha value is -2.82. The average molecular weight is 485 g/mol. The maximum atomic E-state index is 13.5. The molecule has 0 saturated carbocycles. The van der Waals surface area contributed by atoms with E-state index in [1.807, 2.05) is 25.7 Å². The van der Waals surface area contributed by atoms with Crippen LogP contribution in [-0.2, 0) is 10.9 Å². The van der Waals surface area contributed by atoms with Crippen molar-refractivity contribution in [1.29, 1.82) is 0 Å². The van der Waals surface area contributed by atoms with Gasteiger partial charge in [0, 0.05) is 62.6 Å². The number of ether oxygens (including phenoxy) is 1. The second-order valence-electron chi connectivity index (χ2n) is 9.61. The van der Waals surface area contributed by atoms with Crippen molar-refractivity contribution in [1.82, 2.24) is 9.80 Å². The van der Waals surface area contributed by atoms with Gasteiger partial charge in [-0.1, -0.05) is 12.7 Å². The molecule has 188 valence electrons. The van der Waals surface area contributed by atoms with Gasteiger partial charge in [0.2, 0.25) is 0 Å². The Morgan fingerprint density at radius 1 is 1.12 bits per heavy atom. The van der Waals surface area contributed by atoms with Crippen LogP contribution in [0.3, 0.4) is 0 Å². The standard InChI is InChI=1S/C23H31F3N4O4/c1-5-16-14-20(30(32)33)18(23(24,25)26)15-19(16)28-8-6-17(7-9-28)27-10-12-29(13-11-27)21(31)34-22(2,3)4/h5,14-15,17H,1,6-13H2,2-4H3. The number of nitrogens with zero attached hydrogens (tertiary/aromatic N) is 4. The molecule has 2 fully saturated rings. The zero-order valence-corrected chi connectivity index (χ0v) is 19.7. The molecule has 0 aromatic heterocycles. The third-order valence-corrected chi connectivity index (χ3v) is 6.15. The summed E-state index contributed by atoms with van der Waals surface area (Å²) >= 11 is 0. The van der Waals surface area contributed by atoms with Crippen LogP contribution in [0.1, 0.15) is 44.7 Å². The van der Waals surface area contributed by atoms with E-state index < -0.39 is 28.0 Å². The highest BCUT2D eigenvalue weighted by molar-refractivity contribution is 5.72. The van der Waals surface area contributed by atoms with Crippen LogP contribution in [0.25, 0.3) is 6.08 Å². The van der Waals surface area contributed by atoms with Crippen molar-refractivity contribution in [3.05, 3.63) is 40.0 Å². The summed E-state index contributed by atoms with van der Waals surface area (Å²) in [6.07, 6.45) is -2.33. The molecule has 34 heavy (non-hydrogen) atoms. The van der Waals surface area contributed by atoms with Gasteiger partial charge in [-0.25, -0.2) is 4.79 Å². The minimum atomic E-state index is -4.83. The van der Waals surface area contributed by atoms with E-state index >= 15 is 0 Å². The number of nitro groups is 1. The number of carbonyl (C=O) groups is 1. The summed E-state index contributed by atoms with van der Waals surface area (Å²) in [7, 11) is 0. The molecule has 1 aromatic rings. The Labute approximate surface area is 197 Å². The Balaban J connectivity index is 1.65. The van der Waals surface area contributed by atoms with Crippen LogP contribution in [0.2, 0.25) is 0 Å². The van der Waals surface area contributed by atoms with E-state index in [4.69, 9.17) is 4.74 Å². The van der Waals surface area contributed by atoms with Gasteiger partial charge in [-0.15, -0.1) is 0 Å². The van der Waals surface area contributed by atoms with Gasteiger partial charge in [-0.2, -0.15) is 13.2 Å². The van der Waals surface area contributed by atoms with Crippen molar-refractivity contribution >= 4 is 23.5 Å². The molecule has 2 saturated heterocycles. The minimum absolute atomic E-state index is 0.254. The summed E-state index contributed by atoms with van der Waals surface area (Å²) < 4.78 is 45.9. The van der Waals surface area contributed by atoms with Crippen LogP contribution in [0, 0.1) is 10.1 Å². The first-order valence-electron chi connectivity index (χ1n) is 11.3. The third kappa shape index (κ3) is 5.99. The second kappa shape index (κ2) is 9.81. The molecule has 0 radical (unpaired) electrons. The molecule has 0 unspecified atom stereocenters. The molecule has 2 heterocycles. The van der Waals surface area contributed by atoms with E-state index in [1.54, 1.807) is 4.90 Å². The molecule has 0 bridgehead atoms. The number of hydrogen-bond acceptors (Lipinski definition) is 6. The fourth-order valence-electron chi connectivity index (χ4n) is 4.48. The monoisotopic (exact) mass is 484 g/mol. The third-order valence-electron chi connectivity index (χ3n) is 6.15. The van der Waals surface area contributed by atoms with Crippen LogP contribution < -0.4 is 4.90 Å². The number of alkyl halides is 3. The number of piperidine rings is 1. The first kappa shape index (κ1) is 25.8. The predicted molar refractivity (Wildman–Crippen MR) is 123 cm³/mol. The number of benzene rings is 1. The lowest BCUT2D eigenvalue weighted by molar-refractivity contribution is -0.388. The van der Waals surface area contributed by atoms with Crippen molar-refractivity contribution in [3.8, 4) is 0 Å². The molecule has 0 spiro atoms.